The van der Waals surface area contributed by atoms with Crippen molar-refractivity contribution in [2.45, 2.75) is 19.4 Å². The SMILES string of the molecule is COc1cc(/C=C2/SC(=O)N(CC(=O)N3CCCC3)C2=O)cc(Cl)c1OCc1ccccc1F. The summed E-state index contributed by atoms with van der Waals surface area (Å²) in [5, 5.41) is -0.294. The molecule has 2 aliphatic rings. The molecule has 0 bridgehead atoms. The highest BCUT2D eigenvalue weighted by Crippen LogP contribution is 2.39. The monoisotopic (exact) mass is 504 g/mol. The molecule has 0 aliphatic carbocycles. The maximum Gasteiger partial charge on any atom is 0.294 e. The van der Waals surface area contributed by atoms with Crippen LogP contribution in [-0.2, 0) is 16.2 Å². The number of ether oxygens (including phenoxy) is 2. The van der Waals surface area contributed by atoms with Gasteiger partial charge in [0.1, 0.15) is 19.0 Å². The zero-order valence-corrected chi connectivity index (χ0v) is 20.0. The standard InChI is InChI=1S/C24H22ClFN2O5S/c1-32-19-11-15(10-17(25)22(19)33-14-16-6-2-3-7-18(16)26)12-20-23(30)28(24(31)34-20)13-21(29)27-8-4-5-9-27/h2-3,6-7,10-12H,4-5,8-9,13-14H2,1H3/b20-12+. The van der Waals surface area contributed by atoms with Crippen LogP contribution in [0, 0.1) is 5.82 Å². The second-order valence-electron chi connectivity index (χ2n) is 7.77. The molecule has 4 rings (SSSR count). The number of hydrogen-bond acceptors (Lipinski definition) is 6. The molecule has 34 heavy (non-hydrogen) atoms. The van der Waals surface area contributed by atoms with E-state index in [1.54, 1.807) is 35.2 Å². The highest BCUT2D eigenvalue weighted by molar-refractivity contribution is 8.18. The van der Waals surface area contributed by atoms with E-state index >= 15 is 0 Å². The number of halogens is 2. The van der Waals surface area contributed by atoms with Gasteiger partial charge in [-0.15, -0.1) is 0 Å². The number of nitrogens with zero attached hydrogens (tertiary/aromatic N) is 2. The van der Waals surface area contributed by atoms with Gasteiger partial charge in [-0.1, -0.05) is 29.8 Å². The van der Waals surface area contributed by atoms with Crippen molar-refractivity contribution in [2.24, 2.45) is 0 Å². The average molecular weight is 505 g/mol. The predicted molar refractivity (Wildman–Crippen MR) is 127 cm³/mol. The Hall–Kier alpha value is -3.04. The molecular formula is C24H22ClFN2O5S. The number of benzene rings is 2. The predicted octanol–water partition coefficient (Wildman–Crippen LogP) is 4.73. The van der Waals surface area contributed by atoms with E-state index in [0.717, 1.165) is 29.5 Å². The van der Waals surface area contributed by atoms with E-state index in [-0.39, 0.29) is 34.7 Å². The Kier molecular flexibility index (Phi) is 7.43. The summed E-state index contributed by atoms with van der Waals surface area (Å²) in [6.07, 6.45) is 3.37. The molecule has 0 radical (unpaired) electrons. The molecule has 2 heterocycles. The van der Waals surface area contributed by atoms with Gasteiger partial charge in [0, 0.05) is 18.7 Å². The molecule has 0 spiro atoms. The first-order valence-corrected chi connectivity index (χ1v) is 11.8. The van der Waals surface area contributed by atoms with Gasteiger partial charge in [-0.3, -0.25) is 19.3 Å². The molecule has 0 saturated carbocycles. The normalized spacial score (nSPS) is 17.1. The molecule has 2 aliphatic heterocycles. The second kappa shape index (κ2) is 10.5. The minimum Gasteiger partial charge on any atom is -0.493 e. The first-order chi connectivity index (χ1) is 16.4. The highest BCUT2D eigenvalue weighted by atomic mass is 35.5. The van der Waals surface area contributed by atoms with Crippen LogP contribution in [0.25, 0.3) is 6.08 Å². The molecule has 0 atom stereocenters. The molecule has 3 amide bonds. The maximum atomic E-state index is 13.9. The van der Waals surface area contributed by atoms with Gasteiger partial charge in [0.15, 0.2) is 11.5 Å². The fourth-order valence-electron chi connectivity index (χ4n) is 3.72. The Bertz CT molecular complexity index is 1170. The Labute approximate surface area is 205 Å². The van der Waals surface area contributed by atoms with Gasteiger partial charge in [-0.25, -0.2) is 4.39 Å². The van der Waals surface area contributed by atoms with Crippen molar-refractivity contribution in [3.8, 4) is 11.5 Å². The fourth-order valence-corrected chi connectivity index (χ4v) is 4.83. The van der Waals surface area contributed by atoms with E-state index in [1.807, 2.05) is 0 Å². The minimum atomic E-state index is -0.530. The number of rotatable bonds is 7. The van der Waals surface area contributed by atoms with Crippen molar-refractivity contribution in [3.05, 3.63) is 63.3 Å². The number of hydrogen-bond donors (Lipinski definition) is 0. The van der Waals surface area contributed by atoms with E-state index in [2.05, 4.69) is 0 Å². The van der Waals surface area contributed by atoms with Crippen LogP contribution in [0.2, 0.25) is 5.02 Å². The molecule has 2 aromatic carbocycles. The van der Waals surface area contributed by atoms with Gasteiger partial charge in [0.25, 0.3) is 11.1 Å². The maximum absolute atomic E-state index is 13.9. The lowest BCUT2D eigenvalue weighted by Gasteiger charge is -2.18. The summed E-state index contributed by atoms with van der Waals surface area (Å²) in [7, 11) is 1.43. The molecule has 0 N–H and O–H groups in total. The van der Waals surface area contributed by atoms with Gasteiger partial charge in [-0.05, 0) is 54.4 Å². The van der Waals surface area contributed by atoms with Crippen LogP contribution in [0.3, 0.4) is 0 Å². The van der Waals surface area contributed by atoms with Crippen molar-refractivity contribution < 1.29 is 28.2 Å². The van der Waals surface area contributed by atoms with E-state index < -0.39 is 17.0 Å². The fraction of sp³-hybridized carbons (Fsp3) is 0.292. The van der Waals surface area contributed by atoms with Crippen LogP contribution in [0.1, 0.15) is 24.0 Å². The molecule has 10 heteroatoms. The number of carbonyl (C=O) groups excluding carboxylic acids is 3. The third kappa shape index (κ3) is 5.20. The molecule has 2 fully saturated rings. The van der Waals surface area contributed by atoms with Crippen LogP contribution >= 0.6 is 23.4 Å². The van der Waals surface area contributed by atoms with Gasteiger partial charge in [0.2, 0.25) is 5.91 Å². The molecule has 7 nitrogen and oxygen atoms in total. The first kappa shape index (κ1) is 24.1. The Balaban J connectivity index is 1.50. The van der Waals surface area contributed by atoms with Gasteiger partial charge < -0.3 is 14.4 Å². The lowest BCUT2D eigenvalue weighted by molar-refractivity contribution is -0.135. The largest absolute Gasteiger partial charge is 0.493 e. The number of amides is 3. The van der Waals surface area contributed by atoms with Gasteiger partial charge in [-0.2, -0.15) is 0 Å². The van der Waals surface area contributed by atoms with Gasteiger partial charge >= 0.3 is 0 Å². The Morgan fingerprint density at radius 1 is 1.21 bits per heavy atom. The summed E-state index contributed by atoms with van der Waals surface area (Å²) in [5.41, 5.74) is 0.873. The summed E-state index contributed by atoms with van der Waals surface area (Å²) < 4.78 is 25.0. The number of likely N-dealkylation sites (tertiary alicyclic amines) is 1. The van der Waals surface area contributed by atoms with Crippen LogP contribution < -0.4 is 9.47 Å². The number of methoxy groups -OCH3 is 1. The zero-order chi connectivity index (χ0) is 24.2. The van der Waals surface area contributed by atoms with Gasteiger partial charge in [0.05, 0.1) is 17.0 Å². The third-order valence-corrected chi connectivity index (χ3v) is 6.69. The molecule has 0 aromatic heterocycles. The molecule has 2 saturated heterocycles. The highest BCUT2D eigenvalue weighted by Gasteiger charge is 2.37. The Morgan fingerprint density at radius 2 is 1.94 bits per heavy atom. The average Bonchev–Trinajstić information content (AvgIpc) is 3.44. The van der Waals surface area contributed by atoms with E-state index in [0.29, 0.717) is 30.0 Å². The van der Waals surface area contributed by atoms with Crippen molar-refractivity contribution >= 4 is 46.5 Å². The minimum absolute atomic E-state index is 0.0496. The number of carbonyl (C=O) groups is 3. The summed E-state index contributed by atoms with van der Waals surface area (Å²) in [6, 6.07) is 9.40. The van der Waals surface area contributed by atoms with Crippen molar-refractivity contribution in [1.82, 2.24) is 9.80 Å². The smallest absolute Gasteiger partial charge is 0.294 e. The first-order valence-electron chi connectivity index (χ1n) is 10.6. The summed E-state index contributed by atoms with van der Waals surface area (Å²) >= 11 is 7.16. The van der Waals surface area contributed by atoms with E-state index in [9.17, 15) is 18.8 Å². The van der Waals surface area contributed by atoms with Crippen molar-refractivity contribution in [1.29, 1.82) is 0 Å². The Morgan fingerprint density at radius 3 is 2.65 bits per heavy atom. The molecule has 2 aromatic rings. The zero-order valence-electron chi connectivity index (χ0n) is 18.4. The lowest BCUT2D eigenvalue weighted by Crippen LogP contribution is -2.40. The third-order valence-electron chi connectivity index (χ3n) is 5.51. The lowest BCUT2D eigenvalue weighted by atomic mass is 10.1. The number of imide groups is 1. The quantitative estimate of drug-likeness (QED) is 0.508. The molecular weight excluding hydrogens is 483 g/mol. The molecule has 178 valence electrons. The van der Waals surface area contributed by atoms with E-state index in [1.165, 1.54) is 19.3 Å². The van der Waals surface area contributed by atoms with Crippen LogP contribution in [-0.4, -0.2) is 53.6 Å². The van der Waals surface area contributed by atoms with Crippen molar-refractivity contribution in [3.63, 3.8) is 0 Å². The summed E-state index contributed by atoms with van der Waals surface area (Å²) in [4.78, 5) is 40.4. The molecule has 0 unspecified atom stereocenters. The number of thioether (sulfide) groups is 1. The van der Waals surface area contributed by atoms with Crippen molar-refractivity contribution in [2.75, 3.05) is 26.7 Å². The van der Waals surface area contributed by atoms with Crippen LogP contribution in [0.4, 0.5) is 9.18 Å². The van der Waals surface area contributed by atoms with Crippen LogP contribution in [0.5, 0.6) is 11.5 Å². The topological polar surface area (TPSA) is 76.2 Å². The van der Waals surface area contributed by atoms with E-state index in [4.69, 9.17) is 21.1 Å². The second-order valence-corrected chi connectivity index (χ2v) is 9.17. The summed E-state index contributed by atoms with van der Waals surface area (Å²) in [6.45, 7) is 0.976. The summed E-state index contributed by atoms with van der Waals surface area (Å²) in [5.74, 6) is -0.639. The van der Waals surface area contributed by atoms with Crippen LogP contribution in [0.15, 0.2) is 41.3 Å².